The Morgan fingerprint density at radius 2 is 1.16 bits per heavy atom. The van der Waals surface area contributed by atoms with Gasteiger partial charge in [-0.25, -0.2) is 26.3 Å². The van der Waals surface area contributed by atoms with E-state index in [0.717, 1.165) is 12.1 Å². The van der Waals surface area contributed by atoms with Crippen LogP contribution in [0.15, 0.2) is 18.2 Å². The van der Waals surface area contributed by atoms with Crippen molar-refractivity contribution in [3.8, 4) is 11.1 Å². The monoisotopic (exact) mass is 276 g/mol. The lowest BCUT2D eigenvalue weighted by atomic mass is 10.0. The molecule has 0 amide bonds. The maximum Gasteiger partial charge on any atom is 0.200 e. The maximum atomic E-state index is 13.6. The predicted octanol–water partition coefficient (Wildman–Crippen LogP) is 4.50. The molecule has 0 N–H and O–H groups in total. The third-order valence-corrected chi connectivity index (χ3v) is 2.60. The molecule has 2 aromatic rings. The molecule has 0 nitrogen and oxygen atoms in total. The van der Waals surface area contributed by atoms with Crippen LogP contribution in [0.3, 0.4) is 0 Å². The first-order valence-electron chi connectivity index (χ1n) is 5.12. The number of rotatable bonds is 1. The molecule has 0 saturated heterocycles. The van der Waals surface area contributed by atoms with Crippen LogP contribution in [-0.4, -0.2) is 0 Å². The van der Waals surface area contributed by atoms with Crippen LogP contribution in [0.25, 0.3) is 11.1 Å². The van der Waals surface area contributed by atoms with Gasteiger partial charge in [-0.1, -0.05) is 12.1 Å². The van der Waals surface area contributed by atoms with Crippen LogP contribution < -0.4 is 0 Å². The summed E-state index contributed by atoms with van der Waals surface area (Å²) < 4.78 is 79.4. The van der Waals surface area contributed by atoms with Crippen LogP contribution in [0.4, 0.5) is 26.3 Å². The Bertz CT molecular complexity index is 634. The number of hydrogen-bond acceptors (Lipinski definition) is 0. The second kappa shape index (κ2) is 4.60. The van der Waals surface area contributed by atoms with Crippen molar-refractivity contribution in [2.24, 2.45) is 0 Å². The molecule has 0 aliphatic rings. The third-order valence-electron chi connectivity index (χ3n) is 2.60. The molecule has 2 aromatic carbocycles. The van der Waals surface area contributed by atoms with Crippen molar-refractivity contribution >= 4 is 0 Å². The Hall–Kier alpha value is -1.98. The molecule has 0 aliphatic heterocycles. The molecule has 0 bridgehead atoms. The van der Waals surface area contributed by atoms with E-state index in [2.05, 4.69) is 0 Å². The molecule has 0 fully saturated rings. The van der Waals surface area contributed by atoms with Crippen LogP contribution in [0.2, 0.25) is 0 Å². The molecule has 0 unspecified atom stereocenters. The normalized spacial score (nSPS) is 10.9. The Kier molecular flexibility index (Phi) is 3.26. The Morgan fingerprint density at radius 1 is 0.684 bits per heavy atom. The number of aryl methyl sites for hydroxylation is 1. The summed E-state index contributed by atoms with van der Waals surface area (Å²) in [6.07, 6.45) is 0. The second-order valence-electron chi connectivity index (χ2n) is 3.93. The van der Waals surface area contributed by atoms with Crippen molar-refractivity contribution in [2.75, 3.05) is 0 Å². The van der Waals surface area contributed by atoms with E-state index in [9.17, 15) is 26.3 Å². The summed E-state index contributed by atoms with van der Waals surface area (Å²) in [5.74, 6) is -11.7. The summed E-state index contributed by atoms with van der Waals surface area (Å²) in [6, 6.07) is 3.20. The first kappa shape index (κ1) is 13.5. The lowest BCUT2D eigenvalue weighted by molar-refractivity contribution is 0.381. The molecule has 6 heteroatoms. The van der Waals surface area contributed by atoms with Crippen LogP contribution in [0.5, 0.6) is 0 Å². The second-order valence-corrected chi connectivity index (χ2v) is 3.93. The third kappa shape index (κ3) is 2.07. The lowest BCUT2D eigenvalue weighted by Gasteiger charge is -2.09. The standard InChI is InChI=1S/C13H6F6/c1-5-2-3-6(7(14)4-5)8-9(15)11(17)13(19)12(18)10(8)16/h2-4H,1H3. The molecular weight excluding hydrogens is 270 g/mol. The first-order valence-corrected chi connectivity index (χ1v) is 5.12. The van der Waals surface area contributed by atoms with Crippen molar-refractivity contribution in [3.63, 3.8) is 0 Å². The molecule has 0 radical (unpaired) electrons. The van der Waals surface area contributed by atoms with E-state index in [1.165, 1.54) is 13.0 Å². The molecule has 0 saturated carbocycles. The first-order chi connectivity index (χ1) is 8.84. The Morgan fingerprint density at radius 3 is 1.63 bits per heavy atom. The van der Waals surface area contributed by atoms with Crippen molar-refractivity contribution < 1.29 is 26.3 Å². The summed E-state index contributed by atoms with van der Waals surface area (Å²) in [4.78, 5) is 0. The average Bonchev–Trinajstić information content (AvgIpc) is 2.37. The van der Waals surface area contributed by atoms with E-state index in [1.54, 1.807) is 0 Å². The zero-order valence-corrected chi connectivity index (χ0v) is 9.50. The largest absolute Gasteiger partial charge is 0.206 e. The Labute approximate surface area is 104 Å². The highest BCUT2D eigenvalue weighted by atomic mass is 19.2. The Balaban J connectivity index is 2.83. The molecule has 0 atom stereocenters. The van der Waals surface area contributed by atoms with E-state index in [-0.39, 0.29) is 0 Å². The topological polar surface area (TPSA) is 0 Å². The van der Waals surface area contributed by atoms with E-state index in [4.69, 9.17) is 0 Å². The number of benzene rings is 2. The van der Waals surface area contributed by atoms with Crippen molar-refractivity contribution in [2.45, 2.75) is 6.92 Å². The fraction of sp³-hybridized carbons (Fsp3) is 0.0769. The minimum atomic E-state index is -2.27. The molecular formula is C13H6F6. The van der Waals surface area contributed by atoms with E-state index in [0.29, 0.717) is 5.56 Å². The molecule has 0 spiro atoms. The van der Waals surface area contributed by atoms with Gasteiger partial charge in [0.2, 0.25) is 5.82 Å². The van der Waals surface area contributed by atoms with Crippen LogP contribution in [0.1, 0.15) is 5.56 Å². The highest BCUT2D eigenvalue weighted by molar-refractivity contribution is 5.66. The van der Waals surface area contributed by atoms with E-state index in [1.807, 2.05) is 0 Å². The average molecular weight is 276 g/mol. The van der Waals surface area contributed by atoms with Gasteiger partial charge in [0.05, 0.1) is 5.56 Å². The predicted molar refractivity (Wildman–Crippen MR) is 56.4 cm³/mol. The highest BCUT2D eigenvalue weighted by Crippen LogP contribution is 2.33. The summed E-state index contributed by atoms with van der Waals surface area (Å²) >= 11 is 0. The van der Waals surface area contributed by atoms with Crippen LogP contribution in [-0.2, 0) is 0 Å². The van der Waals surface area contributed by atoms with Gasteiger partial charge < -0.3 is 0 Å². The number of halogens is 6. The summed E-state index contributed by atoms with van der Waals surface area (Å²) in [7, 11) is 0. The summed E-state index contributed by atoms with van der Waals surface area (Å²) in [6.45, 7) is 1.52. The molecule has 0 aliphatic carbocycles. The maximum absolute atomic E-state index is 13.6. The van der Waals surface area contributed by atoms with E-state index >= 15 is 0 Å². The zero-order valence-electron chi connectivity index (χ0n) is 9.50. The van der Waals surface area contributed by atoms with Gasteiger partial charge in [-0.15, -0.1) is 0 Å². The minimum absolute atomic E-state index is 0.449. The highest BCUT2D eigenvalue weighted by Gasteiger charge is 2.27. The van der Waals surface area contributed by atoms with Gasteiger partial charge in [-0.2, -0.15) is 0 Å². The smallest absolute Gasteiger partial charge is 0.200 e. The van der Waals surface area contributed by atoms with Crippen molar-refractivity contribution in [1.82, 2.24) is 0 Å². The SMILES string of the molecule is Cc1ccc(-c2c(F)c(F)c(F)c(F)c2F)c(F)c1. The molecule has 0 aromatic heterocycles. The van der Waals surface area contributed by atoms with Gasteiger partial charge in [-0.05, 0) is 18.6 Å². The zero-order chi connectivity index (χ0) is 14.3. The van der Waals surface area contributed by atoms with Crippen LogP contribution in [0, 0.1) is 41.8 Å². The summed E-state index contributed by atoms with van der Waals surface area (Å²) in [5, 5.41) is 0. The number of hydrogen-bond donors (Lipinski definition) is 0. The fourth-order valence-corrected chi connectivity index (χ4v) is 1.66. The van der Waals surface area contributed by atoms with Gasteiger partial charge in [-0.3, -0.25) is 0 Å². The van der Waals surface area contributed by atoms with E-state index < -0.39 is 46.0 Å². The van der Waals surface area contributed by atoms with Crippen molar-refractivity contribution in [1.29, 1.82) is 0 Å². The lowest BCUT2D eigenvalue weighted by Crippen LogP contribution is -2.05. The molecule has 19 heavy (non-hydrogen) atoms. The van der Waals surface area contributed by atoms with Crippen LogP contribution >= 0.6 is 0 Å². The summed E-state index contributed by atoms with van der Waals surface area (Å²) in [5.41, 5.74) is -1.50. The minimum Gasteiger partial charge on any atom is -0.206 e. The van der Waals surface area contributed by atoms with Gasteiger partial charge >= 0.3 is 0 Å². The quantitative estimate of drug-likeness (QED) is 0.409. The van der Waals surface area contributed by atoms with Gasteiger partial charge in [0.1, 0.15) is 5.82 Å². The molecule has 100 valence electrons. The van der Waals surface area contributed by atoms with Gasteiger partial charge in [0.15, 0.2) is 23.3 Å². The van der Waals surface area contributed by atoms with Gasteiger partial charge in [0, 0.05) is 5.56 Å². The molecule has 2 rings (SSSR count). The molecule has 0 heterocycles. The fourth-order valence-electron chi connectivity index (χ4n) is 1.66. The van der Waals surface area contributed by atoms with Gasteiger partial charge in [0.25, 0.3) is 0 Å². The van der Waals surface area contributed by atoms with Crippen molar-refractivity contribution in [3.05, 3.63) is 58.7 Å².